The number of carbonyl (C=O) groups is 1. The average molecular weight is 456 g/mol. The van der Waals surface area contributed by atoms with Gasteiger partial charge in [0.25, 0.3) is 5.91 Å². The summed E-state index contributed by atoms with van der Waals surface area (Å²) < 4.78 is 7.56. The molecule has 0 aliphatic heterocycles. The van der Waals surface area contributed by atoms with Crippen LogP contribution in [0, 0.1) is 0 Å². The van der Waals surface area contributed by atoms with Crippen molar-refractivity contribution in [1.29, 1.82) is 0 Å². The first-order chi connectivity index (χ1) is 16.5. The molecular weight excluding hydrogens is 426 g/mol. The predicted octanol–water partition coefficient (Wildman–Crippen LogP) is 4.70. The van der Waals surface area contributed by atoms with Crippen LogP contribution in [0.1, 0.15) is 16.8 Å². The number of nitrogens with zero attached hydrogens (tertiary/aromatic N) is 3. The van der Waals surface area contributed by atoms with Gasteiger partial charge in [-0.25, -0.2) is 4.68 Å². The van der Waals surface area contributed by atoms with E-state index in [-0.39, 0.29) is 5.91 Å². The number of hydrogen-bond donors (Lipinski definition) is 2. The molecule has 3 N–H and O–H groups in total. The van der Waals surface area contributed by atoms with Crippen molar-refractivity contribution in [2.45, 2.75) is 6.42 Å². The molecule has 0 bridgehead atoms. The van der Waals surface area contributed by atoms with Crippen LogP contribution in [0.2, 0.25) is 0 Å². The maximum atomic E-state index is 13.4. The highest BCUT2D eigenvalue weighted by atomic mass is 16.5. The molecule has 0 unspecified atom stereocenters. The number of benzene rings is 3. The van der Waals surface area contributed by atoms with Gasteiger partial charge in [0.15, 0.2) is 0 Å². The Morgan fingerprint density at radius 1 is 1.03 bits per heavy atom. The van der Waals surface area contributed by atoms with Gasteiger partial charge in [-0.05, 0) is 38.7 Å². The minimum Gasteiger partial charge on any atom is -0.493 e. The van der Waals surface area contributed by atoms with Crippen LogP contribution in [0.15, 0.2) is 85.1 Å². The molecule has 0 radical (unpaired) electrons. The number of nitrogen functional groups attached to an aromatic ring is 1. The van der Waals surface area contributed by atoms with Gasteiger partial charge in [-0.3, -0.25) is 4.79 Å². The fourth-order valence-corrected chi connectivity index (χ4v) is 3.61. The first kappa shape index (κ1) is 23.1. The summed E-state index contributed by atoms with van der Waals surface area (Å²) in [7, 11) is 4.05. The molecule has 0 spiro atoms. The maximum absolute atomic E-state index is 13.4. The summed E-state index contributed by atoms with van der Waals surface area (Å²) in [6.45, 7) is 1.50. The molecule has 4 rings (SSSR count). The molecule has 0 saturated heterocycles. The van der Waals surface area contributed by atoms with Gasteiger partial charge in [0.2, 0.25) is 0 Å². The van der Waals surface area contributed by atoms with Crippen LogP contribution >= 0.6 is 0 Å². The lowest BCUT2D eigenvalue weighted by molar-refractivity contribution is 0.102. The Morgan fingerprint density at radius 2 is 1.74 bits per heavy atom. The number of amides is 1. The fourth-order valence-electron chi connectivity index (χ4n) is 3.61. The number of para-hydroxylation sites is 1. The zero-order valence-electron chi connectivity index (χ0n) is 19.4. The lowest BCUT2D eigenvalue weighted by Gasteiger charge is -2.12. The third-order valence-electron chi connectivity index (χ3n) is 5.23. The van der Waals surface area contributed by atoms with E-state index in [0.29, 0.717) is 35.0 Å². The number of aromatic nitrogens is 2. The quantitative estimate of drug-likeness (QED) is 0.282. The van der Waals surface area contributed by atoms with Crippen LogP contribution in [-0.2, 0) is 0 Å². The minimum absolute atomic E-state index is 0.273. The SMILES string of the molecule is CN(C)CCCOc1cc(N)cc(NC(=O)c2cn(-c3ccccc3)nc2-c2ccccc2)c1. The van der Waals surface area contributed by atoms with Gasteiger partial charge >= 0.3 is 0 Å². The third kappa shape index (κ3) is 5.82. The maximum Gasteiger partial charge on any atom is 0.259 e. The molecule has 0 fully saturated rings. The first-order valence-corrected chi connectivity index (χ1v) is 11.2. The van der Waals surface area contributed by atoms with Crippen LogP contribution < -0.4 is 15.8 Å². The van der Waals surface area contributed by atoms with Crippen LogP contribution in [0.25, 0.3) is 16.9 Å². The highest BCUT2D eigenvalue weighted by molar-refractivity contribution is 6.08. The molecule has 0 aliphatic rings. The number of rotatable bonds is 9. The number of anilines is 2. The van der Waals surface area contributed by atoms with E-state index >= 15 is 0 Å². The standard InChI is InChI=1S/C27H29N5O2/c1-31(2)14-9-15-34-24-17-21(28)16-22(18-24)29-27(33)25-19-32(23-12-7-4-8-13-23)30-26(25)20-10-5-3-6-11-20/h3-8,10-13,16-19H,9,14-15,28H2,1-2H3,(H,29,33). The van der Waals surface area contributed by atoms with Gasteiger partial charge < -0.3 is 20.7 Å². The van der Waals surface area contributed by atoms with Crippen LogP contribution in [-0.4, -0.2) is 47.8 Å². The summed E-state index contributed by atoms with van der Waals surface area (Å²) in [4.78, 5) is 15.5. The number of hydrogen-bond acceptors (Lipinski definition) is 5. The monoisotopic (exact) mass is 455 g/mol. The van der Waals surface area contributed by atoms with Gasteiger partial charge in [-0.15, -0.1) is 0 Å². The largest absolute Gasteiger partial charge is 0.493 e. The highest BCUT2D eigenvalue weighted by Crippen LogP contribution is 2.27. The number of ether oxygens (including phenoxy) is 1. The van der Waals surface area contributed by atoms with E-state index in [0.717, 1.165) is 24.2 Å². The fraction of sp³-hybridized carbons (Fsp3) is 0.185. The van der Waals surface area contributed by atoms with Crippen molar-refractivity contribution in [3.05, 3.63) is 90.6 Å². The molecule has 174 valence electrons. The van der Waals surface area contributed by atoms with E-state index in [1.807, 2.05) is 74.8 Å². The second-order valence-electron chi connectivity index (χ2n) is 8.29. The molecule has 0 atom stereocenters. The van der Waals surface area contributed by atoms with Crippen molar-refractivity contribution >= 4 is 17.3 Å². The molecule has 7 heteroatoms. The van der Waals surface area contributed by atoms with E-state index in [1.54, 1.807) is 29.1 Å². The van der Waals surface area contributed by atoms with Crippen LogP contribution in [0.4, 0.5) is 11.4 Å². The molecule has 7 nitrogen and oxygen atoms in total. The average Bonchev–Trinajstić information content (AvgIpc) is 3.28. The Balaban J connectivity index is 1.59. The Kier molecular flexibility index (Phi) is 7.25. The van der Waals surface area contributed by atoms with Gasteiger partial charge in [0.1, 0.15) is 11.4 Å². The minimum atomic E-state index is -0.273. The first-order valence-electron chi connectivity index (χ1n) is 11.2. The Bertz CT molecular complexity index is 1240. The Hall–Kier alpha value is -4.10. The molecular formula is C27H29N5O2. The molecule has 4 aromatic rings. The Labute approximate surface area is 199 Å². The lowest BCUT2D eigenvalue weighted by atomic mass is 10.1. The second kappa shape index (κ2) is 10.7. The third-order valence-corrected chi connectivity index (χ3v) is 5.23. The van der Waals surface area contributed by atoms with Gasteiger partial charge in [0.05, 0.1) is 17.9 Å². The van der Waals surface area contributed by atoms with Gasteiger partial charge in [-0.1, -0.05) is 48.5 Å². The number of nitrogens with one attached hydrogen (secondary N) is 1. The van der Waals surface area contributed by atoms with Crippen molar-refractivity contribution in [3.63, 3.8) is 0 Å². The predicted molar refractivity (Wildman–Crippen MR) is 136 cm³/mol. The summed E-state index contributed by atoms with van der Waals surface area (Å²) in [5.41, 5.74) is 9.96. The zero-order valence-corrected chi connectivity index (χ0v) is 19.4. The van der Waals surface area contributed by atoms with Crippen molar-refractivity contribution in [2.24, 2.45) is 0 Å². The molecule has 1 amide bonds. The molecule has 34 heavy (non-hydrogen) atoms. The lowest BCUT2D eigenvalue weighted by Crippen LogP contribution is -2.15. The molecule has 1 aromatic heterocycles. The molecule has 1 heterocycles. The number of nitrogens with two attached hydrogens (primary N) is 1. The van der Waals surface area contributed by atoms with E-state index in [1.165, 1.54) is 0 Å². The smallest absolute Gasteiger partial charge is 0.259 e. The van der Waals surface area contributed by atoms with E-state index in [2.05, 4.69) is 10.2 Å². The molecule has 0 saturated carbocycles. The summed E-state index contributed by atoms with van der Waals surface area (Å²) in [6, 6.07) is 24.6. The van der Waals surface area contributed by atoms with Crippen molar-refractivity contribution in [3.8, 4) is 22.7 Å². The molecule has 3 aromatic carbocycles. The van der Waals surface area contributed by atoms with Gasteiger partial charge in [-0.2, -0.15) is 5.10 Å². The van der Waals surface area contributed by atoms with Crippen LogP contribution in [0.3, 0.4) is 0 Å². The van der Waals surface area contributed by atoms with Crippen molar-refractivity contribution in [2.75, 3.05) is 38.3 Å². The van der Waals surface area contributed by atoms with E-state index in [9.17, 15) is 4.79 Å². The van der Waals surface area contributed by atoms with Crippen LogP contribution in [0.5, 0.6) is 5.75 Å². The van der Waals surface area contributed by atoms with E-state index in [4.69, 9.17) is 15.6 Å². The molecule has 0 aliphatic carbocycles. The second-order valence-corrected chi connectivity index (χ2v) is 8.29. The topological polar surface area (TPSA) is 85.4 Å². The van der Waals surface area contributed by atoms with Crippen molar-refractivity contribution < 1.29 is 9.53 Å². The Morgan fingerprint density at radius 3 is 2.44 bits per heavy atom. The van der Waals surface area contributed by atoms with E-state index < -0.39 is 0 Å². The highest BCUT2D eigenvalue weighted by Gasteiger charge is 2.19. The normalized spacial score (nSPS) is 10.9. The number of carbonyl (C=O) groups excluding carboxylic acids is 1. The summed E-state index contributed by atoms with van der Waals surface area (Å²) in [5.74, 6) is 0.350. The summed E-state index contributed by atoms with van der Waals surface area (Å²) in [5, 5.41) is 7.68. The van der Waals surface area contributed by atoms with Gasteiger partial charge in [0, 0.05) is 41.8 Å². The summed E-state index contributed by atoms with van der Waals surface area (Å²) in [6.07, 6.45) is 2.64. The van der Waals surface area contributed by atoms with Crippen molar-refractivity contribution in [1.82, 2.24) is 14.7 Å². The zero-order chi connectivity index (χ0) is 23.9. The summed E-state index contributed by atoms with van der Waals surface area (Å²) >= 11 is 0.